The fraction of sp³-hybridized carbons (Fsp3) is 0.692. The molecular weight excluding hydrogens is 234 g/mol. The monoisotopic (exact) mass is 257 g/mol. The maximum atomic E-state index is 9.75. The van der Waals surface area contributed by atoms with Crippen LogP contribution in [0.5, 0.6) is 0 Å². The molecule has 2 unspecified atom stereocenters. The second kappa shape index (κ2) is 7.53. The molecule has 2 atom stereocenters. The van der Waals surface area contributed by atoms with Gasteiger partial charge in [-0.15, -0.1) is 0 Å². The van der Waals surface area contributed by atoms with Crippen LogP contribution in [0.1, 0.15) is 26.0 Å². The van der Waals surface area contributed by atoms with Crippen LogP contribution in [0.15, 0.2) is 22.8 Å². The maximum absolute atomic E-state index is 9.75. The molecule has 0 radical (unpaired) electrons. The lowest BCUT2D eigenvalue weighted by Gasteiger charge is -2.22. The Morgan fingerprint density at radius 3 is 2.94 bits per heavy atom. The van der Waals surface area contributed by atoms with Crippen LogP contribution in [-0.4, -0.2) is 41.6 Å². The molecule has 0 aliphatic heterocycles. The van der Waals surface area contributed by atoms with Gasteiger partial charge in [-0.3, -0.25) is 0 Å². The van der Waals surface area contributed by atoms with E-state index in [4.69, 9.17) is 9.15 Å². The molecule has 1 aromatic rings. The van der Waals surface area contributed by atoms with Crippen molar-refractivity contribution in [2.45, 2.75) is 38.6 Å². The zero-order valence-corrected chi connectivity index (χ0v) is 11.1. The van der Waals surface area contributed by atoms with E-state index in [2.05, 4.69) is 5.32 Å². The van der Waals surface area contributed by atoms with Crippen LogP contribution < -0.4 is 5.32 Å². The van der Waals surface area contributed by atoms with Crippen molar-refractivity contribution in [1.29, 1.82) is 0 Å². The van der Waals surface area contributed by atoms with Crippen molar-refractivity contribution in [2.24, 2.45) is 0 Å². The fourth-order valence-electron chi connectivity index (χ4n) is 1.38. The Hall–Kier alpha value is -0.880. The topological polar surface area (TPSA) is 74.9 Å². The molecule has 5 nitrogen and oxygen atoms in total. The summed E-state index contributed by atoms with van der Waals surface area (Å²) in [7, 11) is 0. The molecule has 0 aliphatic carbocycles. The summed E-state index contributed by atoms with van der Waals surface area (Å²) < 4.78 is 10.4. The number of furan rings is 1. The summed E-state index contributed by atoms with van der Waals surface area (Å²) >= 11 is 0. The molecule has 0 bridgehead atoms. The van der Waals surface area contributed by atoms with Crippen LogP contribution in [0.4, 0.5) is 0 Å². The highest BCUT2D eigenvalue weighted by Crippen LogP contribution is 2.06. The van der Waals surface area contributed by atoms with E-state index in [1.165, 1.54) is 0 Å². The van der Waals surface area contributed by atoms with E-state index in [0.29, 0.717) is 26.1 Å². The molecule has 18 heavy (non-hydrogen) atoms. The minimum Gasteiger partial charge on any atom is -0.467 e. The molecule has 1 heterocycles. The first-order chi connectivity index (χ1) is 8.53. The third-order valence-electron chi connectivity index (χ3n) is 2.78. The lowest BCUT2D eigenvalue weighted by Crippen LogP contribution is -2.41. The van der Waals surface area contributed by atoms with Gasteiger partial charge in [0.25, 0.3) is 0 Å². The molecule has 0 aliphatic rings. The smallest absolute Gasteiger partial charge is 0.129 e. The van der Waals surface area contributed by atoms with E-state index in [1.54, 1.807) is 19.3 Å². The second-order valence-corrected chi connectivity index (χ2v) is 4.73. The highest BCUT2D eigenvalue weighted by molar-refractivity contribution is 4.96. The lowest BCUT2D eigenvalue weighted by molar-refractivity contribution is 0.0155. The molecule has 5 heteroatoms. The van der Waals surface area contributed by atoms with Gasteiger partial charge < -0.3 is 24.7 Å². The number of hydrogen-bond acceptors (Lipinski definition) is 5. The highest BCUT2D eigenvalue weighted by atomic mass is 16.5. The van der Waals surface area contributed by atoms with Crippen LogP contribution in [0.25, 0.3) is 0 Å². The van der Waals surface area contributed by atoms with Gasteiger partial charge in [-0.2, -0.15) is 0 Å². The average molecular weight is 257 g/mol. The van der Waals surface area contributed by atoms with Gasteiger partial charge in [0.1, 0.15) is 12.4 Å². The number of rotatable bonds is 9. The summed E-state index contributed by atoms with van der Waals surface area (Å²) in [6.45, 7) is 5.14. The first-order valence-corrected chi connectivity index (χ1v) is 6.25. The van der Waals surface area contributed by atoms with Crippen molar-refractivity contribution in [3.8, 4) is 0 Å². The summed E-state index contributed by atoms with van der Waals surface area (Å²) in [5.74, 6) is 0.740. The molecule has 3 N–H and O–H groups in total. The Kier molecular flexibility index (Phi) is 6.35. The van der Waals surface area contributed by atoms with Crippen molar-refractivity contribution >= 4 is 0 Å². The predicted octanol–water partition coefficient (Wildman–Crippen LogP) is 0.908. The molecule has 0 aromatic carbocycles. The van der Waals surface area contributed by atoms with Crippen molar-refractivity contribution in [3.63, 3.8) is 0 Å². The maximum Gasteiger partial charge on any atom is 0.129 e. The normalized spacial score (nSPS) is 16.4. The van der Waals surface area contributed by atoms with Crippen molar-refractivity contribution in [3.05, 3.63) is 24.2 Å². The number of aliphatic hydroxyl groups is 2. The Morgan fingerprint density at radius 1 is 1.56 bits per heavy atom. The van der Waals surface area contributed by atoms with E-state index >= 15 is 0 Å². The quantitative estimate of drug-likeness (QED) is 0.613. The van der Waals surface area contributed by atoms with Crippen LogP contribution in [0.3, 0.4) is 0 Å². The Labute approximate surface area is 108 Å². The highest BCUT2D eigenvalue weighted by Gasteiger charge is 2.17. The number of nitrogens with one attached hydrogen (secondary N) is 1. The van der Waals surface area contributed by atoms with Crippen LogP contribution in [0, 0.1) is 0 Å². The van der Waals surface area contributed by atoms with E-state index in [-0.39, 0.29) is 6.61 Å². The van der Waals surface area contributed by atoms with Gasteiger partial charge in [0.2, 0.25) is 0 Å². The molecular formula is C13H23NO4. The minimum absolute atomic E-state index is 0.238. The van der Waals surface area contributed by atoms with Gasteiger partial charge >= 0.3 is 0 Å². The summed E-state index contributed by atoms with van der Waals surface area (Å²) in [6, 6.07) is 3.62. The summed E-state index contributed by atoms with van der Waals surface area (Å²) in [5, 5.41) is 22.4. The Bertz CT molecular complexity index is 311. The molecule has 0 spiro atoms. The first kappa shape index (κ1) is 15.2. The Balaban J connectivity index is 2.05. The molecule has 0 amide bonds. The predicted molar refractivity (Wildman–Crippen MR) is 68.2 cm³/mol. The average Bonchev–Trinajstić information content (AvgIpc) is 2.82. The third-order valence-corrected chi connectivity index (χ3v) is 2.78. The van der Waals surface area contributed by atoms with Crippen molar-refractivity contribution < 1.29 is 19.4 Å². The Morgan fingerprint density at radius 2 is 2.33 bits per heavy atom. The van der Waals surface area contributed by atoms with Crippen LogP contribution >= 0.6 is 0 Å². The molecule has 1 aromatic heterocycles. The van der Waals surface area contributed by atoms with Gasteiger partial charge in [0.15, 0.2) is 0 Å². The minimum atomic E-state index is -0.727. The fourth-order valence-corrected chi connectivity index (χ4v) is 1.38. The van der Waals surface area contributed by atoms with Gasteiger partial charge in [-0.05, 0) is 25.5 Å². The van der Waals surface area contributed by atoms with Crippen molar-refractivity contribution in [2.75, 3.05) is 19.7 Å². The number of aliphatic hydroxyl groups excluding tert-OH is 1. The standard InChI is InChI=1S/C13H23NO4/c1-3-13(2,16)10-14-7-11(15)8-17-9-12-5-4-6-18-12/h4-6,11,14-16H,3,7-10H2,1-2H3. The SMILES string of the molecule is CCC(C)(O)CNCC(O)COCc1ccco1. The molecule has 104 valence electrons. The van der Waals surface area contributed by atoms with Crippen LogP contribution in [-0.2, 0) is 11.3 Å². The summed E-state index contributed by atoms with van der Waals surface area (Å²) in [4.78, 5) is 0. The summed E-state index contributed by atoms with van der Waals surface area (Å²) in [5.41, 5.74) is -0.727. The first-order valence-electron chi connectivity index (χ1n) is 6.25. The second-order valence-electron chi connectivity index (χ2n) is 4.73. The zero-order valence-electron chi connectivity index (χ0n) is 11.1. The largest absolute Gasteiger partial charge is 0.467 e. The van der Waals surface area contributed by atoms with Gasteiger partial charge in [0, 0.05) is 13.1 Å². The van der Waals surface area contributed by atoms with E-state index in [0.717, 1.165) is 5.76 Å². The van der Waals surface area contributed by atoms with Gasteiger partial charge in [0.05, 0.1) is 24.6 Å². The molecule has 0 fully saturated rings. The van der Waals surface area contributed by atoms with E-state index in [1.807, 2.05) is 13.0 Å². The number of hydrogen-bond donors (Lipinski definition) is 3. The summed E-state index contributed by atoms with van der Waals surface area (Å²) in [6.07, 6.45) is 1.67. The van der Waals surface area contributed by atoms with Crippen molar-refractivity contribution in [1.82, 2.24) is 5.32 Å². The zero-order chi connectivity index (χ0) is 13.4. The van der Waals surface area contributed by atoms with Crippen LogP contribution in [0.2, 0.25) is 0 Å². The molecule has 0 saturated carbocycles. The molecule has 1 rings (SSSR count). The van der Waals surface area contributed by atoms with Gasteiger partial charge in [-0.1, -0.05) is 6.92 Å². The van der Waals surface area contributed by atoms with Gasteiger partial charge in [-0.25, -0.2) is 0 Å². The molecule has 0 saturated heterocycles. The lowest BCUT2D eigenvalue weighted by atomic mass is 10.0. The number of ether oxygens (including phenoxy) is 1. The van der Waals surface area contributed by atoms with E-state index < -0.39 is 11.7 Å². The van der Waals surface area contributed by atoms with E-state index in [9.17, 15) is 10.2 Å². The third kappa shape index (κ3) is 6.16.